The first kappa shape index (κ1) is 23.5. The fourth-order valence-corrected chi connectivity index (χ4v) is 5.12. The molecule has 0 aliphatic heterocycles. The summed E-state index contributed by atoms with van der Waals surface area (Å²) in [5, 5.41) is 10.5. The number of carbonyl (C=O) groups is 2. The number of carbonyl (C=O) groups excluding carboxylic acids is 2. The molecule has 11 heteroatoms. The van der Waals surface area contributed by atoms with Crippen molar-refractivity contribution >= 4 is 33.2 Å². The number of hydrogen-bond donors (Lipinski definition) is 2. The topological polar surface area (TPSA) is 127 Å². The van der Waals surface area contributed by atoms with Gasteiger partial charge >= 0.3 is 5.97 Å². The average molecular weight is 475 g/mol. The van der Waals surface area contributed by atoms with Crippen LogP contribution in [-0.2, 0) is 30.8 Å². The van der Waals surface area contributed by atoms with Crippen LogP contribution in [0.2, 0.25) is 0 Å². The largest absolute Gasteiger partial charge is 0.467 e. The molecule has 0 fully saturated rings. The summed E-state index contributed by atoms with van der Waals surface area (Å²) in [7, 11) is -2.90. The zero-order valence-corrected chi connectivity index (χ0v) is 19.0. The number of aryl methyl sites for hydroxylation is 1. The van der Waals surface area contributed by atoms with Crippen LogP contribution in [0.5, 0.6) is 0 Å². The zero-order chi connectivity index (χ0) is 23.1. The number of methoxy groups -OCH3 is 1. The maximum absolute atomic E-state index is 13.2. The van der Waals surface area contributed by atoms with Gasteiger partial charge in [-0.05, 0) is 24.5 Å². The van der Waals surface area contributed by atoms with E-state index in [1.165, 1.54) is 7.11 Å². The van der Waals surface area contributed by atoms with E-state index in [2.05, 4.69) is 20.2 Å². The molecule has 0 aliphatic rings. The molecule has 0 aliphatic carbocycles. The smallest absolute Gasteiger partial charge is 0.333 e. The first-order valence-corrected chi connectivity index (χ1v) is 11.9. The van der Waals surface area contributed by atoms with Crippen LogP contribution in [0.1, 0.15) is 22.2 Å². The van der Waals surface area contributed by atoms with E-state index >= 15 is 0 Å². The van der Waals surface area contributed by atoms with Crippen molar-refractivity contribution < 1.29 is 22.7 Å². The van der Waals surface area contributed by atoms with Crippen molar-refractivity contribution in [1.29, 1.82) is 0 Å². The van der Waals surface area contributed by atoms with Gasteiger partial charge in [-0.2, -0.15) is 4.72 Å². The lowest BCUT2D eigenvalue weighted by Gasteiger charge is -2.22. The quantitative estimate of drug-likeness (QED) is 0.453. The van der Waals surface area contributed by atoms with Gasteiger partial charge in [-0.25, -0.2) is 13.2 Å². The van der Waals surface area contributed by atoms with Crippen molar-refractivity contribution in [2.75, 3.05) is 7.11 Å². The second-order valence-electron chi connectivity index (χ2n) is 6.83. The van der Waals surface area contributed by atoms with E-state index in [0.717, 1.165) is 16.9 Å². The Morgan fingerprint density at radius 3 is 2.22 bits per heavy atom. The molecule has 1 amide bonds. The highest BCUT2D eigenvalue weighted by Gasteiger charge is 2.32. The molecule has 0 spiro atoms. The van der Waals surface area contributed by atoms with Crippen molar-refractivity contribution in [2.45, 2.75) is 29.8 Å². The van der Waals surface area contributed by atoms with Gasteiger partial charge in [0.25, 0.3) is 10.0 Å². The Bertz CT molecular complexity index is 1170. The maximum Gasteiger partial charge on any atom is 0.333 e. The fraction of sp³-hybridized carbons (Fsp3) is 0.238. The summed E-state index contributed by atoms with van der Waals surface area (Å²) in [5.74, 6) is -1.36. The van der Waals surface area contributed by atoms with Crippen LogP contribution in [0.3, 0.4) is 0 Å². The molecule has 1 aromatic heterocycles. The standard InChI is InChI=1S/C21H22N4O5S2/c1-14-23-24-21(31-14)32(28,29)25-17(13-15-9-5-3-6-10-15)19(26)22-18(20(27)30-2)16-11-7-4-8-12-16/h3-12,17-18,25H,13H2,1-2H3,(H,22,26)/t17-,18-/m0/s1. The number of rotatable bonds is 9. The van der Waals surface area contributed by atoms with E-state index in [4.69, 9.17) is 4.74 Å². The van der Waals surface area contributed by atoms with Crippen LogP contribution < -0.4 is 10.0 Å². The van der Waals surface area contributed by atoms with E-state index in [1.54, 1.807) is 61.5 Å². The molecule has 0 unspecified atom stereocenters. The van der Waals surface area contributed by atoms with E-state index in [0.29, 0.717) is 10.6 Å². The van der Waals surface area contributed by atoms with Gasteiger partial charge in [0.2, 0.25) is 10.2 Å². The highest BCUT2D eigenvalue weighted by Crippen LogP contribution is 2.18. The van der Waals surface area contributed by atoms with Gasteiger partial charge in [0.05, 0.1) is 7.11 Å². The minimum Gasteiger partial charge on any atom is -0.467 e. The van der Waals surface area contributed by atoms with Crippen LogP contribution in [-0.4, -0.2) is 43.6 Å². The zero-order valence-electron chi connectivity index (χ0n) is 17.4. The van der Waals surface area contributed by atoms with Crippen molar-refractivity contribution in [3.63, 3.8) is 0 Å². The normalized spacial score (nSPS) is 13.2. The molecular weight excluding hydrogens is 452 g/mol. The number of hydrogen-bond acceptors (Lipinski definition) is 8. The van der Waals surface area contributed by atoms with Gasteiger partial charge in [0, 0.05) is 0 Å². The van der Waals surface area contributed by atoms with Crippen LogP contribution in [0.25, 0.3) is 0 Å². The second kappa shape index (κ2) is 10.4. The molecule has 168 valence electrons. The molecule has 1 heterocycles. The van der Waals surface area contributed by atoms with Crippen molar-refractivity contribution in [1.82, 2.24) is 20.2 Å². The lowest BCUT2D eigenvalue weighted by molar-refractivity contribution is -0.145. The van der Waals surface area contributed by atoms with Crippen LogP contribution in [0.15, 0.2) is 65.0 Å². The summed E-state index contributed by atoms with van der Waals surface area (Å²) < 4.78 is 32.6. The maximum atomic E-state index is 13.2. The number of nitrogens with zero attached hydrogens (tertiary/aromatic N) is 2. The van der Waals surface area contributed by atoms with E-state index in [9.17, 15) is 18.0 Å². The van der Waals surface area contributed by atoms with Crippen LogP contribution in [0.4, 0.5) is 0 Å². The number of ether oxygens (including phenoxy) is 1. The summed E-state index contributed by atoms with van der Waals surface area (Å²) in [6, 6.07) is 15.2. The minimum atomic E-state index is -4.11. The molecule has 9 nitrogen and oxygen atoms in total. The molecule has 0 radical (unpaired) electrons. The van der Waals surface area contributed by atoms with E-state index < -0.39 is 34.0 Å². The van der Waals surface area contributed by atoms with Crippen LogP contribution in [0, 0.1) is 6.92 Å². The number of amides is 1. The number of esters is 1. The summed E-state index contributed by atoms with van der Waals surface area (Å²) in [4.78, 5) is 25.5. The first-order valence-electron chi connectivity index (χ1n) is 9.59. The second-order valence-corrected chi connectivity index (χ2v) is 9.90. The third-order valence-corrected chi connectivity index (χ3v) is 7.17. The summed E-state index contributed by atoms with van der Waals surface area (Å²) in [6.07, 6.45) is 0.0619. The van der Waals surface area contributed by atoms with Crippen molar-refractivity contribution in [2.24, 2.45) is 0 Å². The van der Waals surface area contributed by atoms with Gasteiger partial charge in [-0.3, -0.25) is 4.79 Å². The van der Waals surface area contributed by atoms with Gasteiger partial charge in [0.1, 0.15) is 11.0 Å². The minimum absolute atomic E-state index is 0.0619. The Balaban J connectivity index is 1.89. The van der Waals surface area contributed by atoms with Crippen molar-refractivity contribution in [3.8, 4) is 0 Å². The predicted octanol–water partition coefficient (Wildman–Crippen LogP) is 1.77. The third kappa shape index (κ3) is 5.96. The number of sulfonamides is 1. The number of nitrogens with one attached hydrogen (secondary N) is 2. The van der Waals surface area contributed by atoms with Gasteiger partial charge in [-0.1, -0.05) is 72.0 Å². The monoisotopic (exact) mass is 474 g/mol. The molecular formula is C21H22N4O5S2. The molecule has 0 bridgehead atoms. The molecule has 32 heavy (non-hydrogen) atoms. The lowest BCUT2D eigenvalue weighted by Crippen LogP contribution is -2.50. The summed E-state index contributed by atoms with van der Waals surface area (Å²) >= 11 is 0.895. The molecule has 2 N–H and O–H groups in total. The number of benzene rings is 2. The Morgan fingerprint density at radius 2 is 1.66 bits per heavy atom. The fourth-order valence-electron chi connectivity index (χ4n) is 2.95. The predicted molar refractivity (Wildman–Crippen MR) is 118 cm³/mol. The highest BCUT2D eigenvalue weighted by atomic mass is 32.2. The Hall–Kier alpha value is -3.15. The van der Waals surface area contributed by atoms with E-state index in [1.807, 2.05) is 6.07 Å². The van der Waals surface area contributed by atoms with Gasteiger partial charge in [-0.15, -0.1) is 10.2 Å². The Labute approximate surface area is 189 Å². The SMILES string of the molecule is COC(=O)[C@@H](NC(=O)[C@H](Cc1ccccc1)NS(=O)(=O)c1nnc(C)s1)c1ccccc1. The number of aromatic nitrogens is 2. The lowest BCUT2D eigenvalue weighted by atomic mass is 10.0. The van der Waals surface area contributed by atoms with Gasteiger partial charge < -0.3 is 10.1 Å². The Morgan fingerprint density at radius 1 is 1.03 bits per heavy atom. The molecule has 0 saturated heterocycles. The molecule has 3 aromatic rings. The summed E-state index contributed by atoms with van der Waals surface area (Å²) in [6.45, 7) is 1.63. The van der Waals surface area contributed by atoms with Crippen LogP contribution >= 0.6 is 11.3 Å². The Kier molecular flexibility index (Phi) is 7.67. The molecule has 3 rings (SSSR count). The summed E-state index contributed by atoms with van der Waals surface area (Å²) in [5.41, 5.74) is 1.24. The molecule has 0 saturated carbocycles. The average Bonchev–Trinajstić information content (AvgIpc) is 3.25. The highest BCUT2D eigenvalue weighted by molar-refractivity contribution is 7.91. The molecule has 2 atom stereocenters. The first-order chi connectivity index (χ1) is 15.3. The van der Waals surface area contributed by atoms with Gasteiger partial charge in [0.15, 0.2) is 6.04 Å². The van der Waals surface area contributed by atoms with E-state index in [-0.39, 0.29) is 10.8 Å². The van der Waals surface area contributed by atoms with Crippen molar-refractivity contribution in [3.05, 3.63) is 76.8 Å². The molecule has 2 aromatic carbocycles. The third-order valence-electron chi connectivity index (χ3n) is 4.49.